The van der Waals surface area contributed by atoms with Gasteiger partial charge < -0.3 is 5.32 Å². The molecule has 1 N–H and O–H groups in total. The van der Waals surface area contributed by atoms with Gasteiger partial charge in [-0.3, -0.25) is 0 Å². The van der Waals surface area contributed by atoms with Gasteiger partial charge in [0.25, 0.3) is 0 Å². The lowest BCUT2D eigenvalue weighted by molar-refractivity contribution is 0.554. The third-order valence-corrected chi connectivity index (χ3v) is 3.37. The van der Waals surface area contributed by atoms with Gasteiger partial charge in [0, 0.05) is 30.0 Å². The predicted octanol–water partition coefficient (Wildman–Crippen LogP) is 2.65. The van der Waals surface area contributed by atoms with Crippen LogP contribution in [-0.2, 0) is 6.54 Å². The highest BCUT2D eigenvalue weighted by Gasteiger charge is 2.07. The number of nitrogens with zero attached hydrogens (tertiary/aromatic N) is 3. The quantitative estimate of drug-likeness (QED) is 0.900. The second-order valence-corrected chi connectivity index (χ2v) is 5.86. The van der Waals surface area contributed by atoms with Gasteiger partial charge in [-0.15, -0.1) is 11.3 Å². The van der Waals surface area contributed by atoms with Crippen LogP contribution >= 0.6 is 11.3 Å². The fraction of sp³-hybridized carbons (Fsp3) is 0.462. The maximum atomic E-state index is 4.37. The Labute approximate surface area is 112 Å². The molecular formula is C13H18N4S. The van der Waals surface area contributed by atoms with Crippen LogP contribution in [-0.4, -0.2) is 21.5 Å². The second kappa shape index (κ2) is 6.02. The lowest BCUT2D eigenvalue weighted by Gasteiger charge is -2.04. The lowest BCUT2D eigenvalue weighted by atomic mass is 10.2. The number of hydrogen-bond donors (Lipinski definition) is 1. The zero-order chi connectivity index (χ0) is 13.0. The Balaban J connectivity index is 1.99. The molecule has 5 heteroatoms. The molecule has 18 heavy (non-hydrogen) atoms. The molecule has 0 fully saturated rings. The first-order chi connectivity index (χ1) is 8.65. The summed E-state index contributed by atoms with van der Waals surface area (Å²) in [6.07, 6.45) is 5.54. The summed E-state index contributed by atoms with van der Waals surface area (Å²) in [5.41, 5.74) is 1.06. The first kappa shape index (κ1) is 13.1. The van der Waals surface area contributed by atoms with Crippen molar-refractivity contribution in [2.24, 2.45) is 5.92 Å². The lowest BCUT2D eigenvalue weighted by Crippen LogP contribution is -2.18. The van der Waals surface area contributed by atoms with E-state index in [1.165, 1.54) is 4.88 Å². The second-order valence-electron chi connectivity index (χ2n) is 4.74. The molecule has 0 unspecified atom stereocenters. The third kappa shape index (κ3) is 3.58. The molecule has 0 bridgehead atoms. The van der Waals surface area contributed by atoms with E-state index in [9.17, 15) is 0 Å². The maximum Gasteiger partial charge on any atom is 0.188 e. The van der Waals surface area contributed by atoms with Crippen molar-refractivity contribution in [2.75, 3.05) is 6.54 Å². The zero-order valence-corrected chi connectivity index (χ0v) is 11.8. The standard InChI is InChI=1S/C13H18N4S/c1-9(2)4-14-7-11-8-17-13(18-11)12-15-5-10(3)6-16-12/h5-6,8-9,14H,4,7H2,1-3H3. The SMILES string of the molecule is Cc1cnc(-c2ncc(CNCC(C)C)s2)nc1. The predicted molar refractivity (Wildman–Crippen MR) is 74.4 cm³/mol. The summed E-state index contributed by atoms with van der Waals surface area (Å²) in [6.45, 7) is 8.26. The normalized spacial score (nSPS) is 11.1. The smallest absolute Gasteiger partial charge is 0.188 e. The number of hydrogen-bond acceptors (Lipinski definition) is 5. The summed E-state index contributed by atoms with van der Waals surface area (Å²) in [7, 11) is 0. The molecule has 0 aliphatic carbocycles. The van der Waals surface area contributed by atoms with Crippen molar-refractivity contribution in [3.63, 3.8) is 0 Å². The number of rotatable bonds is 5. The van der Waals surface area contributed by atoms with E-state index in [-0.39, 0.29) is 0 Å². The van der Waals surface area contributed by atoms with Gasteiger partial charge in [-0.25, -0.2) is 15.0 Å². The van der Waals surface area contributed by atoms with E-state index in [2.05, 4.69) is 34.1 Å². The summed E-state index contributed by atoms with van der Waals surface area (Å²) in [5, 5.41) is 4.29. The van der Waals surface area contributed by atoms with Gasteiger partial charge in [0.05, 0.1) is 0 Å². The van der Waals surface area contributed by atoms with Crippen molar-refractivity contribution in [3.8, 4) is 10.8 Å². The molecule has 0 atom stereocenters. The average Bonchev–Trinajstić information content (AvgIpc) is 2.78. The topological polar surface area (TPSA) is 50.7 Å². The Hall–Kier alpha value is -1.33. The van der Waals surface area contributed by atoms with Crippen LogP contribution in [0.1, 0.15) is 24.3 Å². The van der Waals surface area contributed by atoms with E-state index in [1.54, 1.807) is 11.3 Å². The minimum absolute atomic E-state index is 0.665. The Morgan fingerprint density at radius 2 is 1.89 bits per heavy atom. The van der Waals surface area contributed by atoms with Crippen LogP contribution in [0.5, 0.6) is 0 Å². The molecule has 0 aliphatic heterocycles. The van der Waals surface area contributed by atoms with Crippen molar-refractivity contribution in [2.45, 2.75) is 27.3 Å². The van der Waals surface area contributed by atoms with Crippen LogP contribution in [0.2, 0.25) is 0 Å². The average molecular weight is 262 g/mol. The van der Waals surface area contributed by atoms with E-state index in [0.717, 1.165) is 23.7 Å². The molecule has 2 aromatic rings. The maximum absolute atomic E-state index is 4.37. The van der Waals surface area contributed by atoms with Crippen LogP contribution in [0.3, 0.4) is 0 Å². The first-order valence-corrected chi connectivity index (χ1v) is 6.91. The summed E-state index contributed by atoms with van der Waals surface area (Å²) in [4.78, 5) is 14.2. The minimum Gasteiger partial charge on any atom is -0.312 e. The van der Waals surface area contributed by atoms with E-state index in [1.807, 2.05) is 25.5 Å². The Morgan fingerprint density at radius 3 is 2.56 bits per heavy atom. The van der Waals surface area contributed by atoms with Gasteiger partial charge in [-0.1, -0.05) is 13.8 Å². The Bertz CT molecular complexity index is 490. The van der Waals surface area contributed by atoms with Gasteiger partial charge in [0.2, 0.25) is 0 Å². The van der Waals surface area contributed by atoms with Crippen molar-refractivity contribution < 1.29 is 0 Å². The fourth-order valence-electron chi connectivity index (χ4n) is 1.48. The number of aryl methyl sites for hydroxylation is 1. The molecule has 4 nitrogen and oxygen atoms in total. The van der Waals surface area contributed by atoms with Gasteiger partial charge in [-0.05, 0) is 24.9 Å². The molecule has 96 valence electrons. The van der Waals surface area contributed by atoms with E-state index < -0.39 is 0 Å². The molecule has 2 rings (SSSR count). The first-order valence-electron chi connectivity index (χ1n) is 6.09. The molecule has 2 heterocycles. The van der Waals surface area contributed by atoms with Gasteiger partial charge in [-0.2, -0.15) is 0 Å². The summed E-state index contributed by atoms with van der Waals surface area (Å²) in [5.74, 6) is 1.37. The molecule has 0 saturated carbocycles. The molecule has 0 saturated heterocycles. The summed E-state index contributed by atoms with van der Waals surface area (Å²) >= 11 is 1.64. The molecule has 0 amide bonds. The van der Waals surface area contributed by atoms with Crippen molar-refractivity contribution in [1.29, 1.82) is 0 Å². The van der Waals surface area contributed by atoms with Crippen molar-refractivity contribution >= 4 is 11.3 Å². The van der Waals surface area contributed by atoms with E-state index in [4.69, 9.17) is 0 Å². The van der Waals surface area contributed by atoms with Crippen molar-refractivity contribution in [3.05, 3.63) is 29.0 Å². The Morgan fingerprint density at radius 1 is 1.17 bits per heavy atom. The van der Waals surface area contributed by atoms with Gasteiger partial charge >= 0.3 is 0 Å². The summed E-state index contributed by atoms with van der Waals surface area (Å²) in [6, 6.07) is 0. The molecule has 0 spiro atoms. The molecular weight excluding hydrogens is 244 g/mol. The number of thiazole rings is 1. The van der Waals surface area contributed by atoms with E-state index >= 15 is 0 Å². The summed E-state index contributed by atoms with van der Waals surface area (Å²) < 4.78 is 0. The highest BCUT2D eigenvalue weighted by Crippen LogP contribution is 2.21. The third-order valence-electron chi connectivity index (χ3n) is 2.38. The van der Waals surface area contributed by atoms with Crippen LogP contribution in [0, 0.1) is 12.8 Å². The molecule has 0 aliphatic rings. The van der Waals surface area contributed by atoms with Crippen LogP contribution < -0.4 is 5.32 Å². The van der Waals surface area contributed by atoms with Gasteiger partial charge in [0.15, 0.2) is 10.8 Å². The van der Waals surface area contributed by atoms with Gasteiger partial charge in [0.1, 0.15) is 0 Å². The van der Waals surface area contributed by atoms with E-state index in [0.29, 0.717) is 11.7 Å². The fourth-order valence-corrected chi connectivity index (χ4v) is 2.31. The number of nitrogens with one attached hydrogen (secondary N) is 1. The minimum atomic E-state index is 0.665. The highest BCUT2D eigenvalue weighted by molar-refractivity contribution is 7.14. The number of aromatic nitrogens is 3. The highest BCUT2D eigenvalue weighted by atomic mass is 32.1. The molecule has 0 aromatic carbocycles. The molecule has 0 radical (unpaired) electrons. The zero-order valence-electron chi connectivity index (χ0n) is 11.0. The van der Waals surface area contributed by atoms with Crippen LogP contribution in [0.15, 0.2) is 18.6 Å². The monoisotopic (exact) mass is 262 g/mol. The molecule has 2 aromatic heterocycles. The van der Waals surface area contributed by atoms with Crippen LogP contribution in [0.25, 0.3) is 10.8 Å². The Kier molecular flexibility index (Phi) is 4.38. The van der Waals surface area contributed by atoms with Crippen molar-refractivity contribution in [1.82, 2.24) is 20.3 Å². The largest absolute Gasteiger partial charge is 0.312 e. The van der Waals surface area contributed by atoms with Crippen LogP contribution in [0.4, 0.5) is 0 Å².